The van der Waals surface area contributed by atoms with Crippen molar-refractivity contribution in [3.63, 3.8) is 0 Å². The van der Waals surface area contributed by atoms with E-state index in [0.717, 1.165) is 53.4 Å². The predicted molar refractivity (Wildman–Crippen MR) is 108 cm³/mol. The number of anilines is 1. The number of ether oxygens (including phenoxy) is 1. The van der Waals surface area contributed by atoms with Gasteiger partial charge in [-0.2, -0.15) is 0 Å². The molecule has 3 heterocycles. The van der Waals surface area contributed by atoms with Crippen LogP contribution in [-0.2, 0) is 20.9 Å². The minimum Gasteiger partial charge on any atom is -0.376 e. The maximum absolute atomic E-state index is 13.2. The average Bonchev–Trinajstić information content (AvgIpc) is 3.30. The Bertz CT molecular complexity index is 1050. The van der Waals surface area contributed by atoms with Gasteiger partial charge in [0.25, 0.3) is 11.8 Å². The maximum Gasteiger partial charge on any atom is 0.335 e. The first-order valence-corrected chi connectivity index (χ1v) is 9.80. The lowest BCUT2D eigenvalue weighted by Crippen LogP contribution is -2.54. The molecule has 2 aliphatic heterocycles. The number of rotatable bonds is 4. The lowest BCUT2D eigenvalue weighted by molar-refractivity contribution is -0.122. The smallest absolute Gasteiger partial charge is 0.335 e. The van der Waals surface area contributed by atoms with E-state index in [4.69, 9.17) is 4.74 Å². The second kappa shape index (κ2) is 7.87. The lowest BCUT2D eigenvalue weighted by Gasteiger charge is -2.26. The zero-order chi connectivity index (χ0) is 21.4. The minimum absolute atomic E-state index is 0.154. The second-order valence-corrected chi connectivity index (χ2v) is 7.51. The second-order valence-electron chi connectivity index (χ2n) is 7.51. The highest BCUT2D eigenvalue weighted by Crippen LogP contribution is 2.25. The number of nitrogens with zero attached hydrogens (tertiary/aromatic N) is 2. The lowest BCUT2D eigenvalue weighted by atomic mass is 10.1. The Hall–Kier alpha value is -3.26. The summed E-state index contributed by atoms with van der Waals surface area (Å²) in [7, 11) is 0. The molecule has 2 saturated heterocycles. The van der Waals surface area contributed by atoms with Crippen molar-refractivity contribution in [2.45, 2.75) is 39.3 Å². The third kappa shape index (κ3) is 3.66. The largest absolute Gasteiger partial charge is 0.376 e. The predicted octanol–water partition coefficient (Wildman–Crippen LogP) is 3.09. The van der Waals surface area contributed by atoms with Crippen molar-refractivity contribution >= 4 is 29.6 Å². The molecule has 0 saturated carbocycles. The number of nitrogens with one attached hydrogen (secondary N) is 1. The van der Waals surface area contributed by atoms with Crippen LogP contribution in [0.1, 0.15) is 29.8 Å². The van der Waals surface area contributed by atoms with Crippen LogP contribution in [0.3, 0.4) is 0 Å². The summed E-state index contributed by atoms with van der Waals surface area (Å²) >= 11 is 0. The monoisotopic (exact) mass is 411 g/mol. The van der Waals surface area contributed by atoms with E-state index in [1.165, 1.54) is 18.2 Å². The number of benzene rings is 1. The van der Waals surface area contributed by atoms with Crippen LogP contribution in [0.25, 0.3) is 6.08 Å². The average molecular weight is 411 g/mol. The molecule has 1 atom stereocenters. The number of aromatic nitrogens is 1. The van der Waals surface area contributed by atoms with Crippen LogP contribution in [0.4, 0.5) is 14.9 Å². The molecule has 1 N–H and O–H groups in total. The number of amides is 4. The van der Waals surface area contributed by atoms with E-state index < -0.39 is 23.7 Å². The standard InChI is InChI=1S/C22H22FN3O4/c1-13-10-15(14(2)25(13)12-18-4-3-9-30-18)11-19-20(27)24-22(29)26(21(19)28)17-7-5-16(23)6-8-17/h5-8,10-11,18H,3-4,9,12H2,1-2H3,(H,24,27,29)/b19-11+/t18-/m1/s1. The number of hydrogen-bond donors (Lipinski definition) is 1. The number of urea groups is 1. The fourth-order valence-corrected chi connectivity index (χ4v) is 3.88. The molecule has 30 heavy (non-hydrogen) atoms. The van der Waals surface area contributed by atoms with E-state index in [2.05, 4.69) is 9.88 Å². The summed E-state index contributed by atoms with van der Waals surface area (Å²) in [4.78, 5) is 38.5. The Morgan fingerprint density at radius 1 is 1.20 bits per heavy atom. The number of imide groups is 2. The SMILES string of the molecule is Cc1cc(/C=C2\C(=O)NC(=O)N(c3ccc(F)cc3)C2=O)c(C)n1C[C@H]1CCCO1. The van der Waals surface area contributed by atoms with Gasteiger partial charge in [-0.15, -0.1) is 0 Å². The zero-order valence-corrected chi connectivity index (χ0v) is 16.8. The first kappa shape index (κ1) is 20.0. The Kier molecular flexibility index (Phi) is 5.26. The van der Waals surface area contributed by atoms with E-state index >= 15 is 0 Å². The molecular weight excluding hydrogens is 389 g/mol. The highest BCUT2D eigenvalue weighted by Gasteiger charge is 2.37. The van der Waals surface area contributed by atoms with E-state index in [-0.39, 0.29) is 17.4 Å². The summed E-state index contributed by atoms with van der Waals surface area (Å²) < 4.78 is 21.0. The van der Waals surface area contributed by atoms with E-state index in [0.29, 0.717) is 6.54 Å². The molecule has 2 aromatic rings. The molecule has 156 valence electrons. The summed E-state index contributed by atoms with van der Waals surface area (Å²) in [5.41, 5.74) is 2.64. The van der Waals surface area contributed by atoms with Gasteiger partial charge in [-0.25, -0.2) is 14.1 Å². The van der Waals surface area contributed by atoms with Crippen molar-refractivity contribution in [3.8, 4) is 0 Å². The van der Waals surface area contributed by atoms with Gasteiger partial charge in [0, 0.05) is 24.5 Å². The van der Waals surface area contributed by atoms with Crippen LogP contribution < -0.4 is 10.2 Å². The fraction of sp³-hybridized carbons (Fsp3) is 0.318. The van der Waals surface area contributed by atoms with Crippen molar-refractivity contribution in [2.75, 3.05) is 11.5 Å². The van der Waals surface area contributed by atoms with E-state index in [9.17, 15) is 18.8 Å². The zero-order valence-electron chi connectivity index (χ0n) is 16.8. The summed E-state index contributed by atoms with van der Waals surface area (Å²) in [6, 6.07) is 5.96. The normalized spacial score (nSPS) is 20.9. The maximum atomic E-state index is 13.2. The van der Waals surface area contributed by atoms with E-state index in [1.54, 1.807) is 0 Å². The molecular formula is C22H22FN3O4. The number of halogens is 1. The summed E-state index contributed by atoms with van der Waals surface area (Å²) in [5, 5.41) is 2.18. The fourth-order valence-electron chi connectivity index (χ4n) is 3.88. The topological polar surface area (TPSA) is 80.6 Å². The molecule has 0 radical (unpaired) electrons. The van der Waals surface area contributed by atoms with Crippen molar-refractivity contribution < 1.29 is 23.5 Å². The van der Waals surface area contributed by atoms with Crippen LogP contribution in [-0.4, -0.2) is 35.1 Å². The molecule has 0 aliphatic carbocycles. The van der Waals surface area contributed by atoms with Crippen LogP contribution in [0.2, 0.25) is 0 Å². The van der Waals surface area contributed by atoms with Gasteiger partial charge in [-0.1, -0.05) is 0 Å². The summed E-state index contributed by atoms with van der Waals surface area (Å²) in [6.45, 7) is 5.35. The first-order valence-electron chi connectivity index (χ1n) is 9.80. The van der Waals surface area contributed by atoms with Gasteiger partial charge in [0.05, 0.1) is 11.8 Å². The molecule has 7 nitrogen and oxygen atoms in total. The molecule has 4 amide bonds. The van der Waals surface area contributed by atoms with Crippen molar-refractivity contribution in [1.82, 2.24) is 9.88 Å². The van der Waals surface area contributed by atoms with Crippen molar-refractivity contribution in [3.05, 3.63) is 58.7 Å². The molecule has 1 aromatic carbocycles. The van der Waals surface area contributed by atoms with Crippen LogP contribution >= 0.6 is 0 Å². The van der Waals surface area contributed by atoms with Gasteiger partial charge in [0.1, 0.15) is 11.4 Å². The van der Waals surface area contributed by atoms with Gasteiger partial charge in [0.15, 0.2) is 0 Å². The number of carbonyl (C=O) groups excluding carboxylic acids is 3. The van der Waals surface area contributed by atoms with Gasteiger partial charge in [0.2, 0.25) is 0 Å². The van der Waals surface area contributed by atoms with Gasteiger partial charge >= 0.3 is 6.03 Å². The molecule has 8 heteroatoms. The first-order chi connectivity index (χ1) is 14.3. The Balaban J connectivity index is 1.66. The summed E-state index contributed by atoms with van der Waals surface area (Å²) in [6.07, 6.45) is 3.70. The molecule has 0 bridgehead atoms. The molecule has 0 spiro atoms. The highest BCUT2D eigenvalue weighted by molar-refractivity contribution is 6.39. The van der Waals surface area contributed by atoms with Gasteiger partial charge < -0.3 is 9.30 Å². The Labute approximate surface area is 173 Å². The van der Waals surface area contributed by atoms with Crippen LogP contribution in [0.15, 0.2) is 35.9 Å². The molecule has 1 aromatic heterocycles. The van der Waals surface area contributed by atoms with Gasteiger partial charge in [-0.05, 0) is 68.7 Å². The van der Waals surface area contributed by atoms with Crippen LogP contribution in [0.5, 0.6) is 0 Å². The third-order valence-electron chi connectivity index (χ3n) is 5.51. The molecule has 2 fully saturated rings. The Morgan fingerprint density at radius 3 is 2.60 bits per heavy atom. The van der Waals surface area contributed by atoms with Crippen molar-refractivity contribution in [1.29, 1.82) is 0 Å². The van der Waals surface area contributed by atoms with Crippen LogP contribution in [0, 0.1) is 19.7 Å². The molecule has 4 rings (SSSR count). The number of carbonyl (C=O) groups is 3. The third-order valence-corrected chi connectivity index (χ3v) is 5.51. The molecule has 2 aliphatic rings. The van der Waals surface area contributed by atoms with E-state index in [1.807, 2.05) is 19.9 Å². The van der Waals surface area contributed by atoms with Crippen molar-refractivity contribution in [2.24, 2.45) is 0 Å². The van der Waals surface area contributed by atoms with Gasteiger partial charge in [-0.3, -0.25) is 14.9 Å². The number of hydrogen-bond acceptors (Lipinski definition) is 4. The quantitative estimate of drug-likeness (QED) is 0.619. The summed E-state index contributed by atoms with van der Waals surface area (Å²) in [5.74, 6) is -2.00. The minimum atomic E-state index is -0.863. The number of aryl methyl sites for hydroxylation is 1. The number of barbiturate groups is 1. The highest BCUT2D eigenvalue weighted by atomic mass is 19.1. The molecule has 0 unspecified atom stereocenters. The Morgan fingerprint density at radius 2 is 1.93 bits per heavy atom.